The van der Waals surface area contributed by atoms with Crippen LogP contribution in [0.5, 0.6) is 0 Å². The second-order valence-electron chi connectivity index (χ2n) is 4.36. The van der Waals surface area contributed by atoms with Gasteiger partial charge >= 0.3 is 6.03 Å². The van der Waals surface area contributed by atoms with Crippen LogP contribution in [0.4, 0.5) is 10.5 Å². The van der Waals surface area contributed by atoms with Crippen LogP contribution in [0.3, 0.4) is 0 Å². The summed E-state index contributed by atoms with van der Waals surface area (Å²) in [6.07, 6.45) is 0. The molecule has 5 heteroatoms. The Hall–Kier alpha value is -1.59. The van der Waals surface area contributed by atoms with Gasteiger partial charge in [0.15, 0.2) is 0 Å². The molecular formula is C13H22N4O. The molecule has 0 aliphatic rings. The van der Waals surface area contributed by atoms with E-state index in [-0.39, 0.29) is 6.03 Å². The molecule has 0 saturated carbocycles. The average molecular weight is 250 g/mol. The van der Waals surface area contributed by atoms with Gasteiger partial charge in [-0.1, -0.05) is 19.1 Å². The summed E-state index contributed by atoms with van der Waals surface area (Å²) in [4.78, 5) is 11.5. The Morgan fingerprint density at radius 1 is 1.28 bits per heavy atom. The number of hydrogen-bond donors (Lipinski definition) is 3. The maximum atomic E-state index is 11.5. The van der Waals surface area contributed by atoms with Gasteiger partial charge in [-0.3, -0.25) is 5.43 Å². The molecule has 100 valence electrons. The number of hydrazine groups is 1. The zero-order chi connectivity index (χ0) is 13.5. The molecule has 1 aromatic carbocycles. The van der Waals surface area contributed by atoms with Crippen molar-refractivity contribution < 1.29 is 4.79 Å². The van der Waals surface area contributed by atoms with E-state index >= 15 is 0 Å². The number of urea groups is 1. The van der Waals surface area contributed by atoms with E-state index in [1.165, 1.54) is 5.56 Å². The largest absolute Gasteiger partial charge is 0.333 e. The summed E-state index contributed by atoms with van der Waals surface area (Å²) in [7, 11) is 3.53. The van der Waals surface area contributed by atoms with Gasteiger partial charge in [0.25, 0.3) is 0 Å². The van der Waals surface area contributed by atoms with Crippen molar-refractivity contribution in [1.29, 1.82) is 0 Å². The van der Waals surface area contributed by atoms with Gasteiger partial charge < -0.3 is 10.6 Å². The third kappa shape index (κ3) is 4.73. The van der Waals surface area contributed by atoms with Gasteiger partial charge in [-0.25, -0.2) is 9.80 Å². The first kappa shape index (κ1) is 14.5. The highest BCUT2D eigenvalue weighted by Crippen LogP contribution is 2.15. The molecule has 0 fully saturated rings. The highest BCUT2D eigenvalue weighted by atomic mass is 16.2. The lowest BCUT2D eigenvalue weighted by atomic mass is 10.1. The number of hydrogen-bond acceptors (Lipinski definition) is 3. The van der Waals surface area contributed by atoms with Crippen molar-refractivity contribution in [1.82, 2.24) is 15.8 Å². The van der Waals surface area contributed by atoms with Crippen molar-refractivity contribution in [3.05, 3.63) is 29.8 Å². The van der Waals surface area contributed by atoms with Crippen LogP contribution in [0.25, 0.3) is 0 Å². The molecule has 0 heterocycles. The van der Waals surface area contributed by atoms with Crippen LogP contribution in [0.15, 0.2) is 24.3 Å². The first-order valence-electron chi connectivity index (χ1n) is 6.11. The lowest BCUT2D eigenvalue weighted by Crippen LogP contribution is -2.39. The Morgan fingerprint density at radius 3 is 2.39 bits per heavy atom. The zero-order valence-corrected chi connectivity index (χ0v) is 11.4. The molecule has 2 amide bonds. The molecule has 0 aliphatic heterocycles. The van der Waals surface area contributed by atoms with Crippen LogP contribution >= 0.6 is 0 Å². The number of carbonyl (C=O) groups excluding carboxylic acids is 1. The Balaban J connectivity index is 2.57. The number of nitrogens with one attached hydrogen (secondary N) is 3. The monoisotopic (exact) mass is 250 g/mol. The van der Waals surface area contributed by atoms with E-state index in [9.17, 15) is 4.79 Å². The molecule has 1 unspecified atom stereocenters. The highest BCUT2D eigenvalue weighted by Gasteiger charge is 2.05. The normalized spacial score (nSPS) is 12.3. The molecule has 5 nitrogen and oxygen atoms in total. The summed E-state index contributed by atoms with van der Waals surface area (Å²) in [6, 6.07) is 7.90. The van der Waals surface area contributed by atoms with Crippen LogP contribution in [0, 0.1) is 0 Å². The van der Waals surface area contributed by atoms with E-state index in [4.69, 9.17) is 0 Å². The van der Waals surface area contributed by atoms with Gasteiger partial charge in [0.05, 0.1) is 0 Å². The molecular weight excluding hydrogens is 228 g/mol. The minimum atomic E-state index is -0.243. The van der Waals surface area contributed by atoms with Crippen molar-refractivity contribution in [3.63, 3.8) is 0 Å². The molecule has 0 radical (unpaired) electrons. The Labute approximate surface area is 109 Å². The SMILES string of the molecule is CCNC(C)c1ccc(NC(=O)NN(C)C)cc1. The maximum Gasteiger partial charge on any atom is 0.333 e. The standard InChI is InChI=1S/C13H22N4O/c1-5-14-10(2)11-6-8-12(9-7-11)15-13(18)16-17(3)4/h6-10,14H,5H2,1-4H3,(H2,15,16,18). The molecule has 0 aromatic heterocycles. The number of carbonyl (C=O) groups is 1. The van der Waals surface area contributed by atoms with Crippen molar-refractivity contribution in [2.45, 2.75) is 19.9 Å². The smallest absolute Gasteiger partial charge is 0.310 e. The lowest BCUT2D eigenvalue weighted by molar-refractivity contribution is 0.224. The van der Waals surface area contributed by atoms with E-state index in [2.05, 4.69) is 29.9 Å². The third-order valence-corrected chi connectivity index (χ3v) is 2.50. The highest BCUT2D eigenvalue weighted by molar-refractivity contribution is 5.88. The predicted molar refractivity (Wildman–Crippen MR) is 74.4 cm³/mol. The predicted octanol–water partition coefficient (Wildman–Crippen LogP) is 1.96. The van der Waals surface area contributed by atoms with Crippen LogP contribution in [-0.2, 0) is 0 Å². The molecule has 18 heavy (non-hydrogen) atoms. The number of rotatable bonds is 5. The van der Waals surface area contributed by atoms with E-state index in [1.807, 2.05) is 24.3 Å². The van der Waals surface area contributed by atoms with Gasteiger partial charge in [-0.15, -0.1) is 0 Å². The quantitative estimate of drug-likeness (QED) is 0.700. The summed E-state index contributed by atoms with van der Waals surface area (Å²) in [5.74, 6) is 0. The van der Waals surface area contributed by atoms with Gasteiger partial charge in [-0.2, -0.15) is 0 Å². The average Bonchev–Trinajstić information content (AvgIpc) is 2.29. The van der Waals surface area contributed by atoms with E-state index in [0.717, 1.165) is 12.2 Å². The zero-order valence-electron chi connectivity index (χ0n) is 11.4. The minimum Gasteiger partial charge on any atom is -0.310 e. The summed E-state index contributed by atoms with van der Waals surface area (Å²) < 4.78 is 0. The first-order chi connectivity index (χ1) is 8.52. The summed E-state index contributed by atoms with van der Waals surface area (Å²) in [5.41, 5.74) is 4.60. The second kappa shape index (κ2) is 6.98. The molecule has 1 atom stereocenters. The van der Waals surface area contributed by atoms with Crippen molar-refractivity contribution in [2.75, 3.05) is 26.0 Å². The molecule has 0 saturated heterocycles. The van der Waals surface area contributed by atoms with Crippen LogP contribution in [0.2, 0.25) is 0 Å². The first-order valence-corrected chi connectivity index (χ1v) is 6.11. The molecule has 0 aliphatic carbocycles. The Bertz CT molecular complexity index is 375. The van der Waals surface area contributed by atoms with E-state index in [0.29, 0.717) is 6.04 Å². The Morgan fingerprint density at radius 2 is 1.89 bits per heavy atom. The lowest BCUT2D eigenvalue weighted by Gasteiger charge is -2.15. The number of benzene rings is 1. The second-order valence-corrected chi connectivity index (χ2v) is 4.36. The summed E-state index contributed by atoms with van der Waals surface area (Å²) in [5, 5.41) is 7.70. The summed E-state index contributed by atoms with van der Waals surface area (Å²) >= 11 is 0. The van der Waals surface area contributed by atoms with Crippen LogP contribution < -0.4 is 16.1 Å². The van der Waals surface area contributed by atoms with Crippen molar-refractivity contribution in [3.8, 4) is 0 Å². The third-order valence-electron chi connectivity index (χ3n) is 2.50. The minimum absolute atomic E-state index is 0.243. The van der Waals surface area contributed by atoms with Gasteiger partial charge in [-0.05, 0) is 31.2 Å². The molecule has 3 N–H and O–H groups in total. The van der Waals surface area contributed by atoms with Gasteiger partial charge in [0, 0.05) is 25.8 Å². The number of nitrogens with zero attached hydrogens (tertiary/aromatic N) is 1. The van der Waals surface area contributed by atoms with Gasteiger partial charge in [0.2, 0.25) is 0 Å². The molecule has 0 bridgehead atoms. The van der Waals surface area contributed by atoms with Gasteiger partial charge in [0.1, 0.15) is 0 Å². The fraction of sp³-hybridized carbons (Fsp3) is 0.462. The van der Waals surface area contributed by atoms with Crippen LogP contribution in [-0.4, -0.2) is 31.7 Å². The van der Waals surface area contributed by atoms with E-state index < -0.39 is 0 Å². The maximum absolute atomic E-state index is 11.5. The molecule has 1 rings (SSSR count). The Kier molecular flexibility index (Phi) is 5.61. The summed E-state index contributed by atoms with van der Waals surface area (Å²) in [6.45, 7) is 5.13. The fourth-order valence-electron chi connectivity index (χ4n) is 1.64. The molecule has 1 aromatic rings. The fourth-order valence-corrected chi connectivity index (χ4v) is 1.64. The van der Waals surface area contributed by atoms with Crippen molar-refractivity contribution in [2.24, 2.45) is 0 Å². The molecule has 0 spiro atoms. The number of anilines is 1. The van der Waals surface area contributed by atoms with Crippen LogP contribution in [0.1, 0.15) is 25.5 Å². The topological polar surface area (TPSA) is 56.4 Å². The van der Waals surface area contributed by atoms with E-state index in [1.54, 1.807) is 19.1 Å². The number of amides is 2. The van der Waals surface area contributed by atoms with Crippen molar-refractivity contribution >= 4 is 11.7 Å².